The first-order valence-corrected chi connectivity index (χ1v) is 11.8. The maximum atomic E-state index is 10.0. The van der Waals surface area contributed by atoms with Crippen LogP contribution in [0.3, 0.4) is 0 Å². The summed E-state index contributed by atoms with van der Waals surface area (Å²) < 4.78 is 0. The van der Waals surface area contributed by atoms with Gasteiger partial charge in [-0.2, -0.15) is 5.26 Å². The first-order valence-electron chi connectivity index (χ1n) is 9.69. The Bertz CT molecular complexity index is 973. The number of thiazole rings is 1. The Morgan fingerprint density at radius 3 is 2.61 bits per heavy atom. The van der Waals surface area contributed by atoms with E-state index in [1.54, 1.807) is 23.1 Å². The highest BCUT2D eigenvalue weighted by Gasteiger charge is 2.53. The fourth-order valence-corrected chi connectivity index (χ4v) is 6.35. The van der Waals surface area contributed by atoms with Crippen molar-refractivity contribution in [2.75, 3.05) is 6.26 Å². The molecule has 1 atom stereocenters. The molecule has 0 bridgehead atoms. The third kappa shape index (κ3) is 3.17. The summed E-state index contributed by atoms with van der Waals surface area (Å²) in [7, 11) is 0. The minimum atomic E-state index is -0.233. The van der Waals surface area contributed by atoms with Crippen LogP contribution >= 0.6 is 23.1 Å². The SMILES string of the molecule is CSC1=C(C#N)C2(CCCCC2)[C@H](c2nc(-c3ccc(C)cc3)cs2)C(N)=[NH+]1. The van der Waals surface area contributed by atoms with Crippen molar-refractivity contribution in [1.82, 2.24) is 4.98 Å². The van der Waals surface area contributed by atoms with E-state index in [2.05, 4.69) is 47.6 Å². The molecule has 3 N–H and O–H groups in total. The molecule has 1 aromatic carbocycles. The molecule has 1 fully saturated rings. The van der Waals surface area contributed by atoms with Crippen LogP contribution in [0, 0.1) is 23.7 Å². The van der Waals surface area contributed by atoms with Gasteiger partial charge in [0.05, 0.1) is 11.3 Å². The molecule has 1 aliphatic carbocycles. The molecule has 0 unspecified atom stereocenters. The van der Waals surface area contributed by atoms with Crippen LogP contribution < -0.4 is 10.7 Å². The Morgan fingerprint density at radius 1 is 1.25 bits per heavy atom. The smallest absolute Gasteiger partial charge is 0.257 e. The predicted octanol–water partition coefficient (Wildman–Crippen LogP) is 3.70. The number of amidine groups is 1. The van der Waals surface area contributed by atoms with E-state index in [0.29, 0.717) is 0 Å². The molecule has 144 valence electrons. The van der Waals surface area contributed by atoms with E-state index < -0.39 is 0 Å². The van der Waals surface area contributed by atoms with Gasteiger partial charge in [-0.1, -0.05) is 60.9 Å². The van der Waals surface area contributed by atoms with Crippen molar-refractivity contribution in [1.29, 1.82) is 5.26 Å². The molecule has 1 aromatic heterocycles. The molecule has 4 rings (SSSR count). The highest BCUT2D eigenvalue weighted by atomic mass is 32.2. The largest absolute Gasteiger partial charge is 0.290 e. The quantitative estimate of drug-likeness (QED) is 0.810. The number of thioether (sulfide) groups is 1. The highest BCUT2D eigenvalue weighted by Crippen LogP contribution is 2.54. The van der Waals surface area contributed by atoms with Gasteiger partial charge in [-0.05, 0) is 26.0 Å². The van der Waals surface area contributed by atoms with Gasteiger partial charge in [-0.25, -0.2) is 9.98 Å². The van der Waals surface area contributed by atoms with E-state index in [-0.39, 0.29) is 11.3 Å². The van der Waals surface area contributed by atoms with Crippen LogP contribution in [0.2, 0.25) is 0 Å². The number of nitriles is 1. The molecule has 2 aliphatic rings. The third-order valence-corrected chi connectivity index (χ3v) is 7.65. The molecule has 2 heterocycles. The van der Waals surface area contributed by atoms with Gasteiger partial charge < -0.3 is 0 Å². The van der Waals surface area contributed by atoms with Gasteiger partial charge >= 0.3 is 0 Å². The lowest BCUT2D eigenvalue weighted by atomic mass is 9.61. The molecule has 1 aliphatic heterocycles. The Hall–Kier alpha value is -2.10. The average Bonchev–Trinajstić information content (AvgIpc) is 3.18. The Morgan fingerprint density at radius 2 is 1.96 bits per heavy atom. The van der Waals surface area contributed by atoms with Crippen LogP contribution in [0.1, 0.15) is 48.6 Å². The monoisotopic (exact) mass is 409 g/mol. The number of aromatic nitrogens is 1. The first-order chi connectivity index (χ1) is 13.6. The molecular formula is C22H25N4S2+. The van der Waals surface area contributed by atoms with E-state index in [4.69, 9.17) is 10.7 Å². The summed E-state index contributed by atoms with van der Waals surface area (Å²) in [5.41, 5.74) is 10.6. The summed E-state index contributed by atoms with van der Waals surface area (Å²) in [4.78, 5) is 8.32. The Kier molecular flexibility index (Phi) is 5.31. The van der Waals surface area contributed by atoms with E-state index in [0.717, 1.165) is 58.4 Å². The van der Waals surface area contributed by atoms with Crippen molar-refractivity contribution in [3.05, 3.63) is 50.8 Å². The number of benzene rings is 1. The van der Waals surface area contributed by atoms with Gasteiger partial charge in [0, 0.05) is 16.4 Å². The Labute approximate surface area is 174 Å². The van der Waals surface area contributed by atoms with Gasteiger partial charge in [-0.3, -0.25) is 5.73 Å². The summed E-state index contributed by atoms with van der Waals surface area (Å²) in [6, 6.07) is 11.0. The van der Waals surface area contributed by atoms with Gasteiger partial charge in [-0.15, -0.1) is 11.3 Å². The number of rotatable bonds is 3. The number of nitrogens with two attached hydrogens (primary N) is 1. The summed E-state index contributed by atoms with van der Waals surface area (Å²) in [5.74, 6) is 0.678. The van der Waals surface area contributed by atoms with Crippen molar-refractivity contribution < 1.29 is 4.99 Å². The topological polar surface area (TPSA) is 76.7 Å². The number of allylic oxidation sites excluding steroid dienone is 1. The maximum absolute atomic E-state index is 10.0. The molecule has 0 radical (unpaired) electrons. The van der Waals surface area contributed by atoms with Crippen LogP contribution in [-0.4, -0.2) is 17.1 Å². The second kappa shape index (κ2) is 7.73. The van der Waals surface area contributed by atoms with Crippen molar-refractivity contribution in [2.45, 2.75) is 44.9 Å². The normalized spacial score (nSPS) is 21.5. The molecule has 1 spiro atoms. The minimum absolute atomic E-state index is 0.0532. The summed E-state index contributed by atoms with van der Waals surface area (Å²) in [6.45, 7) is 2.09. The van der Waals surface area contributed by atoms with Crippen LogP contribution in [0.5, 0.6) is 0 Å². The Balaban J connectivity index is 1.80. The fraction of sp³-hybridized carbons (Fsp3) is 0.409. The van der Waals surface area contributed by atoms with E-state index in [1.165, 1.54) is 12.0 Å². The summed E-state index contributed by atoms with van der Waals surface area (Å²) in [5, 5.41) is 14.1. The molecule has 6 heteroatoms. The van der Waals surface area contributed by atoms with Gasteiger partial charge in [0.2, 0.25) is 0 Å². The maximum Gasteiger partial charge on any atom is 0.257 e. The van der Waals surface area contributed by atoms with Crippen molar-refractivity contribution in [3.8, 4) is 17.3 Å². The van der Waals surface area contributed by atoms with Crippen LogP contribution in [-0.2, 0) is 0 Å². The fourth-order valence-electron chi connectivity index (χ4n) is 4.62. The molecule has 4 nitrogen and oxygen atoms in total. The zero-order valence-electron chi connectivity index (χ0n) is 16.3. The number of nitrogens with zero attached hydrogens (tertiary/aromatic N) is 2. The predicted molar refractivity (Wildman–Crippen MR) is 117 cm³/mol. The van der Waals surface area contributed by atoms with Gasteiger partial charge in [0.15, 0.2) is 5.03 Å². The van der Waals surface area contributed by atoms with E-state index in [9.17, 15) is 5.26 Å². The van der Waals surface area contributed by atoms with Crippen molar-refractivity contribution in [3.63, 3.8) is 0 Å². The third-order valence-electron chi connectivity index (χ3n) is 6.02. The summed E-state index contributed by atoms with van der Waals surface area (Å²) >= 11 is 3.24. The number of hydrogen-bond acceptors (Lipinski definition) is 5. The first kappa shape index (κ1) is 19.2. The van der Waals surface area contributed by atoms with Crippen LogP contribution in [0.25, 0.3) is 11.3 Å². The van der Waals surface area contributed by atoms with Gasteiger partial charge in [0.1, 0.15) is 17.0 Å². The molecule has 1 saturated carbocycles. The van der Waals surface area contributed by atoms with Crippen molar-refractivity contribution in [2.24, 2.45) is 11.1 Å². The second-order valence-corrected chi connectivity index (χ2v) is 9.39. The molecular weight excluding hydrogens is 384 g/mol. The lowest BCUT2D eigenvalue weighted by Gasteiger charge is -2.42. The molecule has 28 heavy (non-hydrogen) atoms. The zero-order valence-corrected chi connectivity index (χ0v) is 17.9. The number of nitrogens with one attached hydrogen (secondary N) is 1. The van der Waals surface area contributed by atoms with E-state index >= 15 is 0 Å². The lowest BCUT2D eigenvalue weighted by Crippen LogP contribution is -2.78. The highest BCUT2D eigenvalue weighted by molar-refractivity contribution is 8.02. The zero-order chi connectivity index (χ0) is 19.7. The second-order valence-electron chi connectivity index (χ2n) is 7.69. The number of hydrogen-bond donors (Lipinski definition) is 2. The van der Waals surface area contributed by atoms with E-state index in [1.807, 2.05) is 6.26 Å². The average molecular weight is 410 g/mol. The van der Waals surface area contributed by atoms with Crippen LogP contribution in [0.15, 0.2) is 40.2 Å². The molecule has 0 amide bonds. The molecule has 2 aromatic rings. The standard InChI is InChI=1S/C22H24N4S2/c1-14-6-8-15(9-7-14)17-13-28-21(25-17)18-19(24)26-20(27-2)16(12-23)22(18)10-4-3-5-11-22/h6-9,13,18H,3-5,10-11H2,1-2H3,(H2,24,26)/p+1/t18-/m0/s1. The minimum Gasteiger partial charge on any atom is -0.290 e. The van der Waals surface area contributed by atoms with Gasteiger partial charge in [0.25, 0.3) is 5.84 Å². The van der Waals surface area contributed by atoms with Crippen molar-refractivity contribution >= 4 is 28.9 Å². The summed E-state index contributed by atoms with van der Waals surface area (Å²) in [6.07, 6.45) is 7.48. The number of aryl methyl sites for hydroxylation is 1. The molecule has 0 saturated heterocycles. The van der Waals surface area contributed by atoms with Crippen LogP contribution in [0.4, 0.5) is 0 Å². The lowest BCUT2D eigenvalue weighted by molar-refractivity contribution is -0.391.